The van der Waals surface area contributed by atoms with E-state index in [4.69, 9.17) is 4.74 Å². The van der Waals surface area contributed by atoms with E-state index in [2.05, 4.69) is 57.2 Å². The maximum atomic E-state index is 6.20. The van der Waals surface area contributed by atoms with Gasteiger partial charge in [0.1, 0.15) is 0 Å². The maximum absolute atomic E-state index is 6.20. The Morgan fingerprint density at radius 1 is 1.11 bits per heavy atom. The molecule has 1 heterocycles. The molecular formula is C17H22O. The second-order valence-corrected chi connectivity index (χ2v) is 5.98. The van der Waals surface area contributed by atoms with Crippen molar-refractivity contribution in [3.8, 4) is 0 Å². The van der Waals surface area contributed by atoms with Gasteiger partial charge in [0.15, 0.2) is 0 Å². The summed E-state index contributed by atoms with van der Waals surface area (Å²) >= 11 is 0. The number of allylic oxidation sites excluding steroid dienone is 1. The molecule has 0 spiro atoms. The summed E-state index contributed by atoms with van der Waals surface area (Å²) < 4.78 is 6.20. The average molecular weight is 242 g/mol. The normalized spacial score (nSPS) is 39.3. The Labute approximate surface area is 110 Å². The lowest BCUT2D eigenvalue weighted by atomic mass is 9.65. The molecule has 3 rings (SSSR count). The second-order valence-electron chi connectivity index (χ2n) is 5.98. The molecule has 2 aliphatic rings. The van der Waals surface area contributed by atoms with E-state index in [1.807, 2.05) is 0 Å². The summed E-state index contributed by atoms with van der Waals surface area (Å²) in [6.07, 6.45) is 2.72. The van der Waals surface area contributed by atoms with Crippen LogP contribution in [0.3, 0.4) is 0 Å². The van der Waals surface area contributed by atoms with Gasteiger partial charge in [-0.15, -0.1) is 0 Å². The minimum atomic E-state index is 0.251. The number of hydrogen-bond donors (Lipinski definition) is 0. The molecule has 2 bridgehead atoms. The van der Waals surface area contributed by atoms with Gasteiger partial charge in [-0.05, 0) is 30.2 Å². The molecule has 1 fully saturated rings. The summed E-state index contributed by atoms with van der Waals surface area (Å²) in [5.74, 6) is 2.64. The fourth-order valence-electron chi connectivity index (χ4n) is 3.89. The summed E-state index contributed by atoms with van der Waals surface area (Å²) in [5.41, 5.74) is 2.84. The van der Waals surface area contributed by atoms with Crippen LogP contribution in [0, 0.1) is 23.7 Å². The standard InChI is InChI=1S/C17H22O/c1-11-9-12(2)16-13(3)15(11)10-18-17(16)14-7-5-4-6-8-14/h4-9,11,13,15-17H,10H2,1-3H3. The van der Waals surface area contributed by atoms with Crippen molar-refractivity contribution in [1.29, 1.82) is 0 Å². The zero-order chi connectivity index (χ0) is 12.7. The Balaban J connectivity index is 1.97. The zero-order valence-electron chi connectivity index (χ0n) is 11.5. The fraction of sp³-hybridized carbons (Fsp3) is 0.529. The highest BCUT2D eigenvalue weighted by Crippen LogP contribution is 2.49. The third kappa shape index (κ3) is 1.81. The van der Waals surface area contributed by atoms with Crippen molar-refractivity contribution in [3.63, 3.8) is 0 Å². The molecule has 0 N–H and O–H groups in total. The molecule has 0 radical (unpaired) electrons. The average Bonchev–Trinajstić information content (AvgIpc) is 2.37. The summed E-state index contributed by atoms with van der Waals surface area (Å²) in [4.78, 5) is 0. The van der Waals surface area contributed by atoms with E-state index < -0.39 is 0 Å². The van der Waals surface area contributed by atoms with E-state index in [9.17, 15) is 0 Å². The van der Waals surface area contributed by atoms with Crippen LogP contribution in [-0.2, 0) is 4.74 Å². The summed E-state index contributed by atoms with van der Waals surface area (Å²) in [6.45, 7) is 7.91. The van der Waals surface area contributed by atoms with Gasteiger partial charge in [0, 0.05) is 5.92 Å². The summed E-state index contributed by atoms with van der Waals surface area (Å²) in [5, 5.41) is 0. The molecule has 5 atom stereocenters. The van der Waals surface area contributed by atoms with Crippen molar-refractivity contribution >= 4 is 0 Å². The molecular weight excluding hydrogens is 220 g/mol. The highest BCUT2D eigenvalue weighted by Gasteiger charge is 2.43. The molecule has 1 aromatic carbocycles. The summed E-state index contributed by atoms with van der Waals surface area (Å²) in [7, 11) is 0. The largest absolute Gasteiger partial charge is 0.373 e. The molecule has 0 aromatic heterocycles. The zero-order valence-corrected chi connectivity index (χ0v) is 11.5. The maximum Gasteiger partial charge on any atom is 0.0892 e. The SMILES string of the molecule is CC1=CC(C)C2COC(c3ccccc3)C1C2C. The Hall–Kier alpha value is -1.08. The van der Waals surface area contributed by atoms with Crippen molar-refractivity contribution in [2.45, 2.75) is 26.9 Å². The fourth-order valence-corrected chi connectivity index (χ4v) is 3.89. The van der Waals surface area contributed by atoms with E-state index in [1.54, 1.807) is 0 Å². The van der Waals surface area contributed by atoms with Crippen molar-refractivity contribution in [2.75, 3.05) is 6.61 Å². The van der Waals surface area contributed by atoms with Crippen molar-refractivity contribution in [3.05, 3.63) is 47.5 Å². The van der Waals surface area contributed by atoms with Crippen LogP contribution in [0.25, 0.3) is 0 Å². The lowest BCUT2D eigenvalue weighted by molar-refractivity contribution is -0.0934. The van der Waals surface area contributed by atoms with Crippen LogP contribution in [0.5, 0.6) is 0 Å². The minimum absolute atomic E-state index is 0.251. The number of fused-ring (bicyclic) bond motifs is 2. The first kappa shape index (κ1) is 12.0. The molecule has 1 aromatic rings. The first-order chi connectivity index (χ1) is 8.68. The number of rotatable bonds is 1. The van der Waals surface area contributed by atoms with Gasteiger partial charge < -0.3 is 4.74 Å². The molecule has 1 saturated heterocycles. The molecule has 1 nitrogen and oxygen atoms in total. The van der Waals surface area contributed by atoms with Gasteiger partial charge >= 0.3 is 0 Å². The summed E-state index contributed by atoms with van der Waals surface area (Å²) in [6, 6.07) is 10.7. The Kier molecular flexibility index (Phi) is 3.03. The number of hydrogen-bond acceptors (Lipinski definition) is 1. The highest BCUT2D eigenvalue weighted by atomic mass is 16.5. The van der Waals surface area contributed by atoms with Crippen molar-refractivity contribution in [2.24, 2.45) is 23.7 Å². The molecule has 1 aliphatic heterocycles. The Morgan fingerprint density at radius 2 is 1.83 bits per heavy atom. The third-order valence-corrected chi connectivity index (χ3v) is 4.89. The minimum Gasteiger partial charge on any atom is -0.373 e. The number of ether oxygens (including phenoxy) is 1. The van der Waals surface area contributed by atoms with E-state index in [0.717, 1.165) is 12.5 Å². The molecule has 18 heavy (non-hydrogen) atoms. The first-order valence-corrected chi connectivity index (χ1v) is 7.03. The van der Waals surface area contributed by atoms with Crippen molar-refractivity contribution in [1.82, 2.24) is 0 Å². The predicted molar refractivity (Wildman–Crippen MR) is 74.2 cm³/mol. The predicted octanol–water partition coefficient (Wildman–Crippen LogP) is 4.22. The van der Waals surface area contributed by atoms with Crippen LogP contribution >= 0.6 is 0 Å². The van der Waals surface area contributed by atoms with E-state index >= 15 is 0 Å². The Bertz CT molecular complexity index is 448. The van der Waals surface area contributed by atoms with Crippen molar-refractivity contribution < 1.29 is 4.74 Å². The second kappa shape index (κ2) is 4.55. The molecule has 96 valence electrons. The lowest BCUT2D eigenvalue weighted by Crippen LogP contribution is -2.42. The van der Waals surface area contributed by atoms with Gasteiger partial charge in [0.2, 0.25) is 0 Å². The van der Waals surface area contributed by atoms with Crippen LogP contribution in [0.15, 0.2) is 42.0 Å². The number of benzene rings is 1. The van der Waals surface area contributed by atoms with E-state index in [1.165, 1.54) is 11.1 Å². The highest BCUT2D eigenvalue weighted by molar-refractivity contribution is 5.25. The quantitative estimate of drug-likeness (QED) is 0.670. The first-order valence-electron chi connectivity index (χ1n) is 7.03. The Morgan fingerprint density at radius 3 is 2.56 bits per heavy atom. The molecule has 0 amide bonds. The smallest absolute Gasteiger partial charge is 0.0892 e. The van der Waals surface area contributed by atoms with Gasteiger partial charge in [-0.2, -0.15) is 0 Å². The van der Waals surface area contributed by atoms with Crippen LogP contribution < -0.4 is 0 Å². The van der Waals surface area contributed by atoms with E-state index in [-0.39, 0.29) is 6.10 Å². The molecule has 1 heteroatoms. The van der Waals surface area contributed by atoms with Gasteiger partial charge in [-0.1, -0.05) is 55.8 Å². The molecule has 1 aliphatic carbocycles. The van der Waals surface area contributed by atoms with Gasteiger partial charge in [0.25, 0.3) is 0 Å². The monoisotopic (exact) mass is 242 g/mol. The van der Waals surface area contributed by atoms with Crippen LogP contribution in [0.1, 0.15) is 32.4 Å². The van der Waals surface area contributed by atoms with Gasteiger partial charge in [-0.3, -0.25) is 0 Å². The molecule has 0 saturated carbocycles. The van der Waals surface area contributed by atoms with Gasteiger partial charge in [0.05, 0.1) is 12.7 Å². The lowest BCUT2D eigenvalue weighted by Gasteiger charge is -2.47. The van der Waals surface area contributed by atoms with Crippen LogP contribution in [0.4, 0.5) is 0 Å². The van der Waals surface area contributed by atoms with Crippen LogP contribution in [0.2, 0.25) is 0 Å². The van der Waals surface area contributed by atoms with Gasteiger partial charge in [-0.25, -0.2) is 0 Å². The van der Waals surface area contributed by atoms with E-state index in [0.29, 0.717) is 17.8 Å². The third-order valence-electron chi connectivity index (χ3n) is 4.89. The topological polar surface area (TPSA) is 9.23 Å². The molecule has 5 unspecified atom stereocenters. The van der Waals surface area contributed by atoms with Crippen LogP contribution in [-0.4, -0.2) is 6.61 Å².